The van der Waals surface area contributed by atoms with Gasteiger partial charge in [0.05, 0.1) is 0 Å². The van der Waals surface area contributed by atoms with Crippen molar-refractivity contribution in [2.45, 2.75) is 12.5 Å². The van der Waals surface area contributed by atoms with Crippen LogP contribution in [0.3, 0.4) is 0 Å². The Morgan fingerprint density at radius 1 is 1.71 bits per heavy atom. The molecule has 1 amide bonds. The zero-order chi connectivity index (χ0) is 12.7. The van der Waals surface area contributed by atoms with Gasteiger partial charge in [0.15, 0.2) is 0 Å². The maximum atomic E-state index is 11.2. The van der Waals surface area contributed by atoms with Crippen LogP contribution in [0.2, 0.25) is 0 Å². The van der Waals surface area contributed by atoms with Crippen molar-refractivity contribution >= 4 is 23.6 Å². The van der Waals surface area contributed by atoms with Crippen LogP contribution < -0.4 is 5.32 Å². The number of rotatable bonds is 6. The van der Waals surface area contributed by atoms with Gasteiger partial charge in [0, 0.05) is 6.42 Å². The van der Waals surface area contributed by atoms with Crippen molar-refractivity contribution in [3.8, 4) is 0 Å². The number of aromatic nitrogens is 2. The second-order valence-electron chi connectivity index (χ2n) is 2.96. The number of amides is 1. The molecule has 0 bridgehead atoms. The van der Waals surface area contributed by atoms with Crippen LogP contribution in [-0.4, -0.2) is 39.2 Å². The van der Waals surface area contributed by atoms with Crippen molar-refractivity contribution in [1.29, 1.82) is 0 Å². The Morgan fingerprint density at radius 2 is 2.47 bits per heavy atom. The molecule has 0 saturated heterocycles. The summed E-state index contributed by atoms with van der Waals surface area (Å²) < 4.78 is 8.37. The second kappa shape index (κ2) is 6.59. The minimum Gasteiger partial charge on any atom is -0.480 e. The summed E-state index contributed by atoms with van der Waals surface area (Å²) in [5.41, 5.74) is 0. The zero-order valence-electron chi connectivity index (χ0n) is 8.83. The standard InChI is InChI=1S/C9H11N3O4S/c1-2-3-16-9(15)12-6(8(13)14)4-7-10-5-11-17-7/h2,5-6H,1,3-4H2,(H,12,15)(H,13,14). The molecule has 2 N–H and O–H groups in total. The summed E-state index contributed by atoms with van der Waals surface area (Å²) in [5, 5.41) is 11.7. The van der Waals surface area contributed by atoms with Crippen molar-refractivity contribution in [1.82, 2.24) is 14.7 Å². The monoisotopic (exact) mass is 257 g/mol. The number of carboxylic acid groups (broad SMARTS) is 1. The zero-order valence-corrected chi connectivity index (χ0v) is 9.64. The molecular weight excluding hydrogens is 246 g/mol. The van der Waals surface area contributed by atoms with E-state index in [9.17, 15) is 9.59 Å². The molecule has 0 saturated carbocycles. The fraction of sp³-hybridized carbons (Fsp3) is 0.333. The highest BCUT2D eigenvalue weighted by molar-refractivity contribution is 7.05. The average molecular weight is 257 g/mol. The molecule has 0 aromatic carbocycles. The van der Waals surface area contributed by atoms with Gasteiger partial charge in [-0.1, -0.05) is 12.7 Å². The fourth-order valence-corrected chi connectivity index (χ4v) is 1.53. The topological polar surface area (TPSA) is 101 Å². The van der Waals surface area contributed by atoms with Crippen LogP contribution in [0.25, 0.3) is 0 Å². The van der Waals surface area contributed by atoms with Gasteiger partial charge in [0.2, 0.25) is 0 Å². The van der Waals surface area contributed by atoms with Crippen LogP contribution >= 0.6 is 11.5 Å². The summed E-state index contributed by atoms with van der Waals surface area (Å²) in [5.74, 6) is -1.16. The third kappa shape index (κ3) is 4.60. The number of ether oxygens (including phenoxy) is 1. The number of aliphatic carboxylic acids is 1. The molecule has 1 unspecified atom stereocenters. The largest absolute Gasteiger partial charge is 0.480 e. The fourth-order valence-electron chi connectivity index (χ4n) is 0.979. The second-order valence-corrected chi connectivity index (χ2v) is 3.83. The molecule has 0 aliphatic carbocycles. The molecule has 17 heavy (non-hydrogen) atoms. The van der Waals surface area contributed by atoms with Crippen molar-refractivity contribution in [3.63, 3.8) is 0 Å². The third-order valence-electron chi connectivity index (χ3n) is 1.71. The predicted molar refractivity (Wildman–Crippen MR) is 59.7 cm³/mol. The number of nitrogens with zero attached hydrogens (tertiary/aromatic N) is 2. The van der Waals surface area contributed by atoms with Crippen LogP contribution in [0.15, 0.2) is 19.0 Å². The van der Waals surface area contributed by atoms with E-state index in [1.165, 1.54) is 12.4 Å². The molecule has 0 aliphatic heterocycles. The Hall–Kier alpha value is -1.96. The number of nitrogens with one attached hydrogen (secondary N) is 1. The van der Waals surface area contributed by atoms with Gasteiger partial charge in [-0.15, -0.1) is 0 Å². The van der Waals surface area contributed by atoms with E-state index in [4.69, 9.17) is 5.11 Å². The summed E-state index contributed by atoms with van der Waals surface area (Å²) >= 11 is 1.08. The van der Waals surface area contributed by atoms with E-state index >= 15 is 0 Å². The van der Waals surface area contributed by atoms with Crippen molar-refractivity contribution < 1.29 is 19.4 Å². The number of alkyl carbamates (subject to hydrolysis) is 1. The number of carbonyl (C=O) groups is 2. The van der Waals surface area contributed by atoms with Gasteiger partial charge >= 0.3 is 12.1 Å². The number of hydrogen-bond acceptors (Lipinski definition) is 6. The normalized spacial score (nSPS) is 11.5. The van der Waals surface area contributed by atoms with Gasteiger partial charge in [-0.05, 0) is 11.5 Å². The lowest BCUT2D eigenvalue weighted by Crippen LogP contribution is -2.42. The van der Waals surface area contributed by atoms with Gasteiger partial charge in [-0.2, -0.15) is 4.37 Å². The van der Waals surface area contributed by atoms with E-state index < -0.39 is 18.1 Å². The van der Waals surface area contributed by atoms with Crippen LogP contribution in [0.1, 0.15) is 5.01 Å². The van der Waals surface area contributed by atoms with Crippen molar-refractivity contribution in [3.05, 3.63) is 24.0 Å². The molecule has 0 spiro atoms. The van der Waals surface area contributed by atoms with Crippen LogP contribution in [0.4, 0.5) is 4.79 Å². The van der Waals surface area contributed by atoms with E-state index in [2.05, 4.69) is 26.0 Å². The van der Waals surface area contributed by atoms with E-state index in [0.29, 0.717) is 5.01 Å². The van der Waals surface area contributed by atoms with E-state index in [1.54, 1.807) is 0 Å². The van der Waals surface area contributed by atoms with Crippen LogP contribution in [0.5, 0.6) is 0 Å². The molecule has 8 heteroatoms. The van der Waals surface area contributed by atoms with Gasteiger partial charge in [-0.25, -0.2) is 14.6 Å². The molecule has 0 fully saturated rings. The molecule has 1 aromatic heterocycles. The van der Waals surface area contributed by atoms with Gasteiger partial charge in [-0.3, -0.25) is 0 Å². The molecule has 1 atom stereocenters. The molecule has 7 nitrogen and oxygen atoms in total. The molecule has 1 heterocycles. The smallest absolute Gasteiger partial charge is 0.408 e. The lowest BCUT2D eigenvalue weighted by Gasteiger charge is -2.12. The summed E-state index contributed by atoms with van der Waals surface area (Å²) in [6.07, 6.45) is 1.99. The Labute approximate surface area is 101 Å². The Morgan fingerprint density at radius 3 is 3.00 bits per heavy atom. The van der Waals surface area contributed by atoms with Gasteiger partial charge in [0.25, 0.3) is 0 Å². The first-order valence-corrected chi connectivity index (χ1v) is 5.43. The molecular formula is C9H11N3O4S. The highest BCUT2D eigenvalue weighted by atomic mass is 32.1. The van der Waals surface area contributed by atoms with E-state index in [0.717, 1.165) is 11.5 Å². The SMILES string of the molecule is C=CCOC(=O)NC(Cc1ncns1)C(=O)O. The highest BCUT2D eigenvalue weighted by Gasteiger charge is 2.22. The van der Waals surface area contributed by atoms with E-state index in [-0.39, 0.29) is 13.0 Å². The lowest BCUT2D eigenvalue weighted by molar-refractivity contribution is -0.139. The van der Waals surface area contributed by atoms with E-state index in [1.807, 2.05) is 0 Å². The Bertz CT molecular complexity index is 393. The number of carbonyl (C=O) groups excluding carboxylic acids is 1. The Balaban J connectivity index is 2.51. The number of hydrogen-bond donors (Lipinski definition) is 2. The first kappa shape index (κ1) is 13.1. The minimum atomic E-state index is -1.16. The van der Waals surface area contributed by atoms with Crippen LogP contribution in [-0.2, 0) is 16.0 Å². The van der Waals surface area contributed by atoms with Gasteiger partial charge < -0.3 is 15.2 Å². The summed E-state index contributed by atoms with van der Waals surface area (Å²) in [6.45, 7) is 3.39. The van der Waals surface area contributed by atoms with Gasteiger partial charge in [0.1, 0.15) is 24.0 Å². The molecule has 1 rings (SSSR count). The molecule has 92 valence electrons. The number of carboxylic acids is 1. The quantitative estimate of drug-likeness (QED) is 0.717. The molecule has 0 radical (unpaired) electrons. The van der Waals surface area contributed by atoms with Crippen LogP contribution in [0, 0.1) is 0 Å². The van der Waals surface area contributed by atoms with Crippen molar-refractivity contribution in [2.24, 2.45) is 0 Å². The van der Waals surface area contributed by atoms with Crippen molar-refractivity contribution in [2.75, 3.05) is 6.61 Å². The lowest BCUT2D eigenvalue weighted by atomic mass is 10.2. The molecule has 0 aliphatic rings. The first-order valence-electron chi connectivity index (χ1n) is 4.66. The average Bonchev–Trinajstić information content (AvgIpc) is 2.78. The minimum absolute atomic E-state index is 0.0248. The first-order chi connectivity index (χ1) is 8.13. The Kier molecular flexibility index (Phi) is 5.08. The summed E-state index contributed by atoms with van der Waals surface area (Å²) in [6, 6.07) is -1.08. The molecule has 1 aromatic rings. The third-order valence-corrected chi connectivity index (χ3v) is 2.39. The highest BCUT2D eigenvalue weighted by Crippen LogP contribution is 2.04. The maximum absolute atomic E-state index is 11.2. The predicted octanol–water partition coefficient (Wildman–Crippen LogP) is 0.446. The summed E-state index contributed by atoms with van der Waals surface area (Å²) in [4.78, 5) is 25.9. The summed E-state index contributed by atoms with van der Waals surface area (Å²) in [7, 11) is 0. The maximum Gasteiger partial charge on any atom is 0.408 e.